The molecule has 2 aromatic carbocycles. The third-order valence-electron chi connectivity index (χ3n) is 10.1. The van der Waals surface area contributed by atoms with Gasteiger partial charge in [-0.3, -0.25) is 14.4 Å². The molecule has 6 nitrogen and oxygen atoms in total. The van der Waals surface area contributed by atoms with Crippen molar-refractivity contribution < 1.29 is 23.9 Å². The second-order valence-corrected chi connectivity index (χ2v) is 13.0. The van der Waals surface area contributed by atoms with E-state index in [-0.39, 0.29) is 52.2 Å². The maximum Gasteiger partial charge on any atom is 0.314 e. The lowest BCUT2D eigenvalue weighted by atomic mass is 9.71. The minimum Gasteiger partial charge on any atom is -0.425 e. The van der Waals surface area contributed by atoms with Crippen LogP contribution < -0.4 is 9.47 Å². The zero-order chi connectivity index (χ0) is 29.8. The van der Waals surface area contributed by atoms with Gasteiger partial charge in [-0.05, 0) is 99.3 Å². The molecule has 0 aromatic heterocycles. The molecule has 2 aromatic rings. The molecule has 1 aliphatic heterocycles. The Bertz CT molecular complexity index is 1440. The highest BCUT2D eigenvalue weighted by Crippen LogP contribution is 2.44. The van der Waals surface area contributed by atoms with Crippen molar-refractivity contribution in [1.29, 1.82) is 0 Å². The topological polar surface area (TPSA) is 82.0 Å². The van der Waals surface area contributed by atoms with Gasteiger partial charge >= 0.3 is 11.9 Å². The molecule has 0 bridgehead atoms. The van der Waals surface area contributed by atoms with Crippen molar-refractivity contribution in [3.8, 4) is 23.3 Å². The van der Waals surface area contributed by atoms with Crippen molar-refractivity contribution in [3.05, 3.63) is 53.6 Å². The van der Waals surface area contributed by atoms with Gasteiger partial charge in [-0.1, -0.05) is 63.1 Å². The highest BCUT2D eigenvalue weighted by molar-refractivity contribution is 6.56. The van der Waals surface area contributed by atoms with Crippen LogP contribution in [0, 0.1) is 41.4 Å². The fourth-order valence-electron chi connectivity index (χ4n) is 7.38. The second-order valence-electron chi connectivity index (χ2n) is 13.0. The zero-order valence-corrected chi connectivity index (χ0v) is 25.1. The number of benzene rings is 2. The Morgan fingerprint density at radius 3 is 1.95 bits per heavy atom. The first kappa shape index (κ1) is 29.4. The Morgan fingerprint density at radius 2 is 1.28 bits per heavy atom. The van der Waals surface area contributed by atoms with Gasteiger partial charge < -0.3 is 9.47 Å². The van der Waals surface area contributed by atoms with E-state index in [1.807, 2.05) is 30.3 Å². The highest BCUT2D eigenvalue weighted by atomic mass is 16.5. The molecule has 0 unspecified atom stereocenters. The predicted octanol–water partition coefficient (Wildman–Crippen LogP) is 8.03. The minimum absolute atomic E-state index is 0.0409. The highest BCUT2D eigenvalue weighted by Gasteiger charge is 2.36. The average molecular weight is 580 g/mol. The van der Waals surface area contributed by atoms with E-state index < -0.39 is 5.78 Å². The van der Waals surface area contributed by atoms with Crippen molar-refractivity contribution in [2.75, 3.05) is 0 Å². The smallest absolute Gasteiger partial charge is 0.314 e. The van der Waals surface area contributed by atoms with Gasteiger partial charge in [0.15, 0.2) is 11.5 Å². The molecule has 0 amide bonds. The fourth-order valence-corrected chi connectivity index (χ4v) is 7.38. The van der Waals surface area contributed by atoms with Gasteiger partial charge in [-0.2, -0.15) is 0 Å². The number of hydrogen-bond donors (Lipinski definition) is 0. The van der Waals surface area contributed by atoms with Crippen LogP contribution in [0.4, 0.5) is 5.69 Å². The maximum absolute atomic E-state index is 13.6. The van der Waals surface area contributed by atoms with Crippen LogP contribution in [0.15, 0.2) is 47.5 Å². The summed E-state index contributed by atoms with van der Waals surface area (Å²) in [5, 5.41) is 0. The average Bonchev–Trinajstić information content (AvgIpc) is 3.39. The second kappa shape index (κ2) is 13.3. The first-order valence-electron chi connectivity index (χ1n) is 16.3. The summed E-state index contributed by atoms with van der Waals surface area (Å²) in [5.41, 5.74) is 1.15. The molecule has 43 heavy (non-hydrogen) atoms. The summed E-state index contributed by atoms with van der Waals surface area (Å²) in [5.74, 6) is 6.97. The SMILES string of the molecule is CC1CCC(C(=O)Oc2ccc(OC(=O)C3CCC(C4CCCCC4)CC3)c3c2N=C(C#Cc2ccccc2)C3=O)CC1. The van der Waals surface area contributed by atoms with Crippen LogP contribution >= 0.6 is 0 Å². The minimum atomic E-state index is -0.424. The normalized spacial score (nSPS) is 25.6. The third kappa shape index (κ3) is 6.77. The summed E-state index contributed by atoms with van der Waals surface area (Å²) in [6.07, 6.45) is 13.9. The summed E-state index contributed by atoms with van der Waals surface area (Å²) >= 11 is 0. The molecule has 3 aliphatic carbocycles. The van der Waals surface area contributed by atoms with Crippen molar-refractivity contribution in [3.63, 3.8) is 0 Å². The Hall–Kier alpha value is -3.72. The number of fused-ring (bicyclic) bond motifs is 1. The van der Waals surface area contributed by atoms with Gasteiger partial charge in [0.05, 0.1) is 17.4 Å². The van der Waals surface area contributed by atoms with Gasteiger partial charge in [0.1, 0.15) is 11.4 Å². The number of esters is 2. The van der Waals surface area contributed by atoms with Crippen LogP contribution in [0.2, 0.25) is 0 Å². The molecule has 224 valence electrons. The summed E-state index contributed by atoms with van der Waals surface area (Å²) in [4.78, 5) is 44.6. The summed E-state index contributed by atoms with van der Waals surface area (Å²) in [6, 6.07) is 12.5. The zero-order valence-electron chi connectivity index (χ0n) is 25.1. The van der Waals surface area contributed by atoms with Crippen LogP contribution in [-0.4, -0.2) is 23.4 Å². The first-order chi connectivity index (χ1) is 21.0. The number of Topliss-reactive ketones (excluding diaryl/α,β-unsaturated/α-hetero) is 1. The number of carbonyl (C=O) groups is 3. The lowest BCUT2D eigenvalue weighted by Gasteiger charge is -2.35. The molecular formula is C37H41NO5. The molecule has 3 fully saturated rings. The molecule has 3 saturated carbocycles. The largest absolute Gasteiger partial charge is 0.425 e. The molecule has 4 aliphatic rings. The van der Waals surface area contributed by atoms with Gasteiger partial charge in [-0.15, -0.1) is 0 Å². The lowest BCUT2D eigenvalue weighted by Crippen LogP contribution is -2.29. The van der Waals surface area contributed by atoms with Gasteiger partial charge in [-0.25, -0.2) is 4.99 Å². The Balaban J connectivity index is 1.20. The number of ether oxygens (including phenoxy) is 2. The van der Waals surface area contributed by atoms with Crippen LogP contribution in [0.3, 0.4) is 0 Å². The summed E-state index contributed by atoms with van der Waals surface area (Å²) in [7, 11) is 0. The van der Waals surface area contributed by atoms with Gasteiger partial charge in [0, 0.05) is 5.56 Å². The van der Waals surface area contributed by atoms with Crippen LogP contribution in [0.25, 0.3) is 0 Å². The Morgan fingerprint density at radius 1 is 0.698 bits per heavy atom. The number of rotatable bonds is 5. The van der Waals surface area contributed by atoms with E-state index in [4.69, 9.17) is 9.47 Å². The molecule has 0 N–H and O–H groups in total. The Labute approximate surface area is 254 Å². The molecule has 1 heterocycles. The van der Waals surface area contributed by atoms with E-state index >= 15 is 0 Å². The molecule has 0 radical (unpaired) electrons. The number of nitrogens with zero attached hydrogens (tertiary/aromatic N) is 1. The van der Waals surface area contributed by atoms with Crippen molar-refractivity contribution in [2.45, 2.75) is 90.4 Å². The monoisotopic (exact) mass is 579 g/mol. The Kier molecular flexibility index (Phi) is 9.07. The molecular weight excluding hydrogens is 538 g/mol. The van der Waals surface area contributed by atoms with E-state index in [2.05, 4.69) is 23.8 Å². The van der Waals surface area contributed by atoms with E-state index in [0.717, 1.165) is 62.8 Å². The molecule has 0 spiro atoms. The third-order valence-corrected chi connectivity index (χ3v) is 10.1. The van der Waals surface area contributed by atoms with Crippen molar-refractivity contribution in [1.82, 2.24) is 0 Å². The summed E-state index contributed by atoms with van der Waals surface area (Å²) in [6.45, 7) is 2.20. The van der Waals surface area contributed by atoms with Crippen LogP contribution in [0.1, 0.15) is 106 Å². The standard InChI is InChI=1S/C37H41NO5/c1-24-12-15-28(16-13-24)37(41)43-32-23-22-31(33-34(32)38-30(35(33)39)21-14-25-8-4-2-5-9-25)42-36(40)29-19-17-27(18-20-29)26-10-6-3-7-11-26/h2,4-5,8-9,22-24,26-29H,3,6-7,10-13,15-20H2,1H3. The number of aliphatic imine (C=N–C) groups is 1. The number of ketones is 1. The molecule has 0 atom stereocenters. The van der Waals surface area contributed by atoms with E-state index in [0.29, 0.717) is 11.8 Å². The van der Waals surface area contributed by atoms with Crippen molar-refractivity contribution >= 4 is 29.1 Å². The molecule has 6 heteroatoms. The number of hydrogen-bond acceptors (Lipinski definition) is 6. The van der Waals surface area contributed by atoms with Crippen LogP contribution in [0.5, 0.6) is 11.5 Å². The predicted molar refractivity (Wildman–Crippen MR) is 166 cm³/mol. The molecule has 0 saturated heterocycles. The fraction of sp³-hybridized carbons (Fsp3) is 0.514. The van der Waals surface area contributed by atoms with E-state index in [9.17, 15) is 14.4 Å². The van der Waals surface area contributed by atoms with Gasteiger partial charge in [0.25, 0.3) is 0 Å². The molecule has 6 rings (SSSR count). The lowest BCUT2D eigenvalue weighted by molar-refractivity contribution is -0.141. The number of carbonyl (C=O) groups excluding carboxylic acids is 3. The van der Waals surface area contributed by atoms with E-state index in [1.54, 1.807) is 12.1 Å². The van der Waals surface area contributed by atoms with Gasteiger partial charge in [0.2, 0.25) is 5.78 Å². The quantitative estimate of drug-likeness (QED) is 0.203. The van der Waals surface area contributed by atoms with Crippen LogP contribution in [-0.2, 0) is 9.59 Å². The first-order valence-corrected chi connectivity index (χ1v) is 16.3. The van der Waals surface area contributed by atoms with Crippen molar-refractivity contribution in [2.24, 2.45) is 34.6 Å². The van der Waals surface area contributed by atoms with E-state index in [1.165, 1.54) is 32.1 Å². The maximum atomic E-state index is 13.6. The summed E-state index contributed by atoms with van der Waals surface area (Å²) < 4.78 is 11.8.